The Hall–Kier alpha value is -1.02. The summed E-state index contributed by atoms with van der Waals surface area (Å²) < 4.78 is 5.55. The van der Waals surface area contributed by atoms with Crippen molar-refractivity contribution < 1.29 is 9.84 Å². The molecule has 1 N–H and O–H groups in total. The summed E-state index contributed by atoms with van der Waals surface area (Å²) in [5.41, 5.74) is 5.12. The molecule has 5 unspecified atom stereocenters. The summed E-state index contributed by atoms with van der Waals surface area (Å²) >= 11 is 0. The van der Waals surface area contributed by atoms with Gasteiger partial charge >= 0.3 is 0 Å². The minimum absolute atomic E-state index is 0.0236. The zero-order valence-electron chi connectivity index (χ0n) is 16.8. The van der Waals surface area contributed by atoms with E-state index >= 15 is 0 Å². The van der Waals surface area contributed by atoms with Crippen molar-refractivity contribution in [1.29, 1.82) is 0 Å². The largest absolute Gasteiger partial charge is 0.497 e. The maximum Gasteiger partial charge on any atom is 0.119 e. The summed E-state index contributed by atoms with van der Waals surface area (Å²) in [5, 5.41) is 10.7. The van der Waals surface area contributed by atoms with E-state index in [4.69, 9.17) is 4.74 Å². The van der Waals surface area contributed by atoms with E-state index in [1.54, 1.807) is 12.7 Å². The molecule has 25 heavy (non-hydrogen) atoms. The van der Waals surface area contributed by atoms with E-state index in [-0.39, 0.29) is 16.9 Å². The van der Waals surface area contributed by atoms with E-state index in [1.165, 1.54) is 30.4 Å². The molecule has 3 aliphatic rings. The normalized spacial score (nSPS) is 41.6. The Balaban J connectivity index is 1.81. The number of aliphatic hydroxyl groups is 1. The molecule has 2 fully saturated rings. The molecule has 0 bridgehead atoms. The van der Waals surface area contributed by atoms with Crippen molar-refractivity contribution in [2.45, 2.75) is 78.2 Å². The molecule has 1 aromatic rings. The lowest BCUT2D eigenvalue weighted by molar-refractivity contribution is -0.151. The maximum atomic E-state index is 10.7. The van der Waals surface area contributed by atoms with Crippen molar-refractivity contribution in [3.05, 3.63) is 28.8 Å². The Kier molecular flexibility index (Phi) is 3.65. The van der Waals surface area contributed by atoms with E-state index in [0.29, 0.717) is 17.3 Å². The van der Waals surface area contributed by atoms with E-state index in [1.807, 2.05) is 0 Å². The lowest BCUT2D eigenvalue weighted by Crippen LogP contribution is -2.58. The molecule has 3 aliphatic carbocycles. The molecule has 0 aromatic heterocycles. The van der Waals surface area contributed by atoms with E-state index in [0.717, 1.165) is 18.6 Å². The van der Waals surface area contributed by atoms with Gasteiger partial charge in [-0.3, -0.25) is 0 Å². The van der Waals surface area contributed by atoms with Crippen LogP contribution in [0.4, 0.5) is 0 Å². The number of benzene rings is 1. The third-order valence-corrected chi connectivity index (χ3v) is 8.65. The Morgan fingerprint density at radius 3 is 2.44 bits per heavy atom. The highest BCUT2D eigenvalue weighted by Gasteiger charge is 2.62. The standard InChI is InChI=1S/C23H34O2/c1-14-11-16(25-6)12-15-13-18-22(4)10-8-19(24)21(2,3)17(22)7-9-23(18,5)20(14)15/h11-12,17-19,24H,7-10,13H2,1-6H3. The molecule has 2 nitrogen and oxygen atoms in total. The summed E-state index contributed by atoms with van der Waals surface area (Å²) in [6, 6.07) is 4.50. The molecule has 0 heterocycles. The number of aryl methyl sites for hydroxylation is 1. The Morgan fingerprint density at radius 2 is 1.76 bits per heavy atom. The summed E-state index contributed by atoms with van der Waals surface area (Å²) in [6.07, 6.45) is 5.61. The Morgan fingerprint density at radius 1 is 1.04 bits per heavy atom. The lowest BCUT2D eigenvalue weighted by atomic mass is 9.43. The quantitative estimate of drug-likeness (QED) is 0.775. The molecule has 0 spiro atoms. The van der Waals surface area contributed by atoms with Crippen molar-refractivity contribution in [2.24, 2.45) is 22.7 Å². The topological polar surface area (TPSA) is 29.5 Å². The molecule has 5 atom stereocenters. The molecular weight excluding hydrogens is 308 g/mol. The van der Waals surface area contributed by atoms with Gasteiger partial charge in [-0.2, -0.15) is 0 Å². The van der Waals surface area contributed by atoms with Gasteiger partial charge in [0.25, 0.3) is 0 Å². The van der Waals surface area contributed by atoms with Gasteiger partial charge in [-0.25, -0.2) is 0 Å². The predicted octanol–water partition coefficient (Wildman–Crippen LogP) is 5.03. The first-order valence-electron chi connectivity index (χ1n) is 10.0. The van der Waals surface area contributed by atoms with Gasteiger partial charge in [0.2, 0.25) is 0 Å². The minimum atomic E-state index is -0.152. The smallest absolute Gasteiger partial charge is 0.119 e. The first-order valence-corrected chi connectivity index (χ1v) is 10.0. The number of aliphatic hydroxyl groups excluding tert-OH is 1. The van der Waals surface area contributed by atoms with Crippen LogP contribution in [-0.4, -0.2) is 18.3 Å². The fourth-order valence-corrected chi connectivity index (χ4v) is 7.44. The molecule has 0 radical (unpaired) electrons. The third kappa shape index (κ3) is 2.13. The second-order valence-corrected chi connectivity index (χ2v) is 10.1. The predicted molar refractivity (Wildman–Crippen MR) is 102 cm³/mol. The van der Waals surface area contributed by atoms with Gasteiger partial charge in [-0.1, -0.05) is 27.7 Å². The van der Waals surface area contributed by atoms with Crippen LogP contribution in [-0.2, 0) is 11.8 Å². The van der Waals surface area contributed by atoms with E-state index < -0.39 is 0 Å². The van der Waals surface area contributed by atoms with Crippen molar-refractivity contribution >= 4 is 0 Å². The van der Waals surface area contributed by atoms with Gasteiger partial charge in [-0.15, -0.1) is 0 Å². The SMILES string of the molecule is COc1cc(C)c2c(c1)CC1C2(C)CCC2C(C)(C)C(O)CCC12C. The van der Waals surface area contributed by atoms with Gasteiger partial charge in [0.15, 0.2) is 0 Å². The summed E-state index contributed by atoms with van der Waals surface area (Å²) in [6.45, 7) is 11.9. The highest BCUT2D eigenvalue weighted by Crippen LogP contribution is 2.67. The van der Waals surface area contributed by atoms with Gasteiger partial charge in [0.05, 0.1) is 13.2 Å². The molecule has 2 heteroatoms. The van der Waals surface area contributed by atoms with Gasteiger partial charge in [0.1, 0.15) is 5.75 Å². The second-order valence-electron chi connectivity index (χ2n) is 10.1. The Labute approximate surface area is 153 Å². The van der Waals surface area contributed by atoms with Crippen LogP contribution >= 0.6 is 0 Å². The number of ether oxygens (including phenoxy) is 1. The van der Waals surface area contributed by atoms with Crippen LogP contribution in [0.2, 0.25) is 0 Å². The zero-order valence-corrected chi connectivity index (χ0v) is 16.8. The minimum Gasteiger partial charge on any atom is -0.497 e. The third-order valence-electron chi connectivity index (χ3n) is 8.65. The molecule has 0 aliphatic heterocycles. The monoisotopic (exact) mass is 342 g/mol. The van der Waals surface area contributed by atoms with Crippen LogP contribution in [0.5, 0.6) is 5.75 Å². The van der Waals surface area contributed by atoms with E-state index in [9.17, 15) is 5.11 Å². The first-order chi connectivity index (χ1) is 11.6. The number of hydrogen-bond acceptors (Lipinski definition) is 2. The number of fused-ring (bicyclic) bond motifs is 5. The van der Waals surface area contributed by atoms with Crippen molar-refractivity contribution in [3.8, 4) is 5.75 Å². The highest BCUT2D eigenvalue weighted by atomic mass is 16.5. The van der Waals surface area contributed by atoms with Crippen LogP contribution < -0.4 is 4.74 Å². The fourth-order valence-electron chi connectivity index (χ4n) is 7.44. The number of methoxy groups -OCH3 is 1. The summed E-state index contributed by atoms with van der Waals surface area (Å²) in [7, 11) is 1.77. The zero-order chi connectivity index (χ0) is 18.2. The average Bonchev–Trinajstić information content (AvgIpc) is 2.86. The van der Waals surface area contributed by atoms with Crippen molar-refractivity contribution in [3.63, 3.8) is 0 Å². The molecule has 0 saturated heterocycles. The lowest BCUT2D eigenvalue weighted by Gasteiger charge is -2.62. The van der Waals surface area contributed by atoms with Gasteiger partial charge in [-0.05, 0) is 95.9 Å². The number of hydrogen-bond donors (Lipinski definition) is 1. The molecule has 0 amide bonds. The van der Waals surface area contributed by atoms with Crippen molar-refractivity contribution in [2.75, 3.05) is 7.11 Å². The van der Waals surface area contributed by atoms with Crippen LogP contribution in [0.15, 0.2) is 12.1 Å². The molecular formula is C23H34O2. The van der Waals surface area contributed by atoms with Crippen LogP contribution in [0.25, 0.3) is 0 Å². The van der Waals surface area contributed by atoms with E-state index in [2.05, 4.69) is 46.8 Å². The van der Waals surface area contributed by atoms with Crippen molar-refractivity contribution in [1.82, 2.24) is 0 Å². The fraction of sp³-hybridized carbons (Fsp3) is 0.739. The molecule has 2 saturated carbocycles. The molecule has 4 rings (SSSR count). The average molecular weight is 343 g/mol. The van der Waals surface area contributed by atoms with Crippen LogP contribution in [0.1, 0.15) is 70.1 Å². The maximum absolute atomic E-state index is 10.7. The first kappa shape index (κ1) is 17.4. The molecule has 1 aromatic carbocycles. The van der Waals surface area contributed by atoms with Gasteiger partial charge < -0.3 is 9.84 Å². The summed E-state index contributed by atoms with van der Waals surface area (Å²) in [4.78, 5) is 0. The Bertz CT molecular complexity index is 706. The second kappa shape index (κ2) is 5.25. The molecule has 138 valence electrons. The highest BCUT2D eigenvalue weighted by molar-refractivity contribution is 5.51. The van der Waals surface area contributed by atoms with Crippen LogP contribution in [0, 0.1) is 29.6 Å². The van der Waals surface area contributed by atoms with Gasteiger partial charge in [0, 0.05) is 0 Å². The van der Waals surface area contributed by atoms with Crippen LogP contribution in [0.3, 0.4) is 0 Å². The number of rotatable bonds is 1. The summed E-state index contributed by atoms with van der Waals surface area (Å²) in [5.74, 6) is 2.28.